The van der Waals surface area contributed by atoms with E-state index in [2.05, 4.69) is 4.74 Å². The van der Waals surface area contributed by atoms with Crippen molar-refractivity contribution in [3.05, 3.63) is 27.8 Å². The van der Waals surface area contributed by atoms with Crippen LogP contribution in [0.4, 0.5) is 5.69 Å². The van der Waals surface area contributed by atoms with E-state index in [4.69, 9.17) is 4.74 Å². The number of hydrogen-bond acceptors (Lipinski definition) is 6. The lowest BCUT2D eigenvalue weighted by atomic mass is 10.1. The zero-order valence-electron chi connectivity index (χ0n) is 8.59. The number of nitro groups is 1. The fourth-order valence-corrected chi connectivity index (χ4v) is 1.14. The first kappa shape index (κ1) is 11.8. The van der Waals surface area contributed by atoms with Crippen LogP contribution in [0.25, 0.3) is 0 Å². The van der Waals surface area contributed by atoms with Gasteiger partial charge in [0, 0.05) is 12.1 Å². The fourth-order valence-electron chi connectivity index (χ4n) is 1.14. The Morgan fingerprint density at radius 2 is 2.06 bits per heavy atom. The third-order valence-corrected chi connectivity index (χ3v) is 1.90. The Morgan fingerprint density at radius 3 is 2.50 bits per heavy atom. The van der Waals surface area contributed by atoms with Gasteiger partial charge in [-0.2, -0.15) is 0 Å². The molecule has 1 aromatic carbocycles. The van der Waals surface area contributed by atoms with Gasteiger partial charge in [-0.3, -0.25) is 10.1 Å². The molecule has 0 aliphatic rings. The first-order valence-corrected chi connectivity index (χ1v) is 4.15. The summed E-state index contributed by atoms with van der Waals surface area (Å²) in [7, 11) is 2.33. The summed E-state index contributed by atoms with van der Waals surface area (Å²) in [4.78, 5) is 21.1. The Hall–Kier alpha value is -2.31. The van der Waals surface area contributed by atoms with Gasteiger partial charge in [0.1, 0.15) is 11.3 Å². The van der Waals surface area contributed by atoms with Gasteiger partial charge in [-0.05, 0) is 0 Å². The Balaban J connectivity index is 3.38. The number of methoxy groups -OCH3 is 2. The minimum Gasteiger partial charge on any atom is -0.507 e. The van der Waals surface area contributed by atoms with Crippen molar-refractivity contribution in [2.24, 2.45) is 0 Å². The molecule has 0 aliphatic carbocycles. The number of nitrogens with zero attached hydrogens (tertiary/aromatic N) is 1. The summed E-state index contributed by atoms with van der Waals surface area (Å²) in [5, 5.41) is 20.1. The molecule has 0 radical (unpaired) electrons. The molecule has 0 amide bonds. The summed E-state index contributed by atoms with van der Waals surface area (Å²) >= 11 is 0. The number of esters is 1. The van der Waals surface area contributed by atoms with Gasteiger partial charge in [0.25, 0.3) is 0 Å². The van der Waals surface area contributed by atoms with Crippen LogP contribution in [0, 0.1) is 10.1 Å². The molecular formula is C9H9NO6. The largest absolute Gasteiger partial charge is 0.507 e. The zero-order valence-corrected chi connectivity index (χ0v) is 8.59. The standard InChI is InChI=1S/C9H9NO6/c1-15-8-4-7(11)5(9(12)16-2)3-6(8)10(13)14/h3-4,11H,1-2H3. The molecule has 0 unspecified atom stereocenters. The van der Waals surface area contributed by atoms with E-state index in [-0.39, 0.29) is 11.3 Å². The van der Waals surface area contributed by atoms with Gasteiger partial charge >= 0.3 is 11.7 Å². The number of rotatable bonds is 3. The van der Waals surface area contributed by atoms with Crippen LogP contribution in [-0.2, 0) is 4.74 Å². The van der Waals surface area contributed by atoms with E-state index in [1.807, 2.05) is 0 Å². The number of carbonyl (C=O) groups is 1. The fraction of sp³-hybridized carbons (Fsp3) is 0.222. The van der Waals surface area contributed by atoms with Crippen LogP contribution in [0.15, 0.2) is 12.1 Å². The van der Waals surface area contributed by atoms with E-state index in [1.165, 1.54) is 7.11 Å². The van der Waals surface area contributed by atoms with E-state index in [9.17, 15) is 20.0 Å². The topological polar surface area (TPSA) is 98.9 Å². The molecule has 16 heavy (non-hydrogen) atoms. The molecule has 0 saturated heterocycles. The number of phenolic OH excluding ortho intramolecular Hbond substituents is 1. The van der Waals surface area contributed by atoms with E-state index in [0.29, 0.717) is 0 Å². The number of phenols is 1. The van der Waals surface area contributed by atoms with Crippen molar-refractivity contribution in [2.75, 3.05) is 14.2 Å². The highest BCUT2D eigenvalue weighted by molar-refractivity contribution is 5.93. The van der Waals surface area contributed by atoms with E-state index in [0.717, 1.165) is 19.2 Å². The molecule has 0 heterocycles. The van der Waals surface area contributed by atoms with Crippen LogP contribution in [0.5, 0.6) is 11.5 Å². The van der Waals surface area contributed by atoms with E-state index in [1.54, 1.807) is 0 Å². The lowest BCUT2D eigenvalue weighted by Crippen LogP contribution is -2.03. The maximum atomic E-state index is 11.2. The average Bonchev–Trinajstić information content (AvgIpc) is 2.27. The summed E-state index contributed by atoms with van der Waals surface area (Å²) in [5.41, 5.74) is -0.698. The molecule has 0 bridgehead atoms. The first-order valence-electron chi connectivity index (χ1n) is 4.15. The molecule has 0 spiro atoms. The third kappa shape index (κ3) is 2.02. The smallest absolute Gasteiger partial charge is 0.341 e. The summed E-state index contributed by atoms with van der Waals surface area (Å²) in [6, 6.07) is 1.89. The lowest BCUT2D eigenvalue weighted by molar-refractivity contribution is -0.385. The Kier molecular flexibility index (Phi) is 3.29. The number of carbonyl (C=O) groups excluding carboxylic acids is 1. The Morgan fingerprint density at radius 1 is 1.44 bits per heavy atom. The monoisotopic (exact) mass is 227 g/mol. The van der Waals surface area contributed by atoms with Crippen LogP contribution in [0.1, 0.15) is 10.4 Å². The minimum atomic E-state index is -0.858. The van der Waals surface area contributed by atoms with E-state index < -0.39 is 22.3 Å². The molecule has 0 aliphatic heterocycles. The van der Waals surface area contributed by atoms with Crippen molar-refractivity contribution in [2.45, 2.75) is 0 Å². The Labute approximate surface area is 90.4 Å². The highest BCUT2D eigenvalue weighted by Gasteiger charge is 2.22. The van der Waals surface area contributed by atoms with Gasteiger partial charge in [0.2, 0.25) is 5.75 Å². The highest BCUT2D eigenvalue weighted by Crippen LogP contribution is 2.33. The van der Waals surface area contributed by atoms with Crippen molar-refractivity contribution >= 4 is 11.7 Å². The van der Waals surface area contributed by atoms with Gasteiger partial charge in [0.05, 0.1) is 19.1 Å². The predicted octanol–water partition coefficient (Wildman–Crippen LogP) is 1.10. The maximum Gasteiger partial charge on any atom is 0.341 e. The molecule has 0 aromatic heterocycles. The quantitative estimate of drug-likeness (QED) is 0.471. The molecular weight excluding hydrogens is 218 g/mol. The second-order valence-electron chi connectivity index (χ2n) is 2.79. The molecule has 7 heteroatoms. The van der Waals surface area contributed by atoms with Crippen LogP contribution in [-0.4, -0.2) is 30.2 Å². The van der Waals surface area contributed by atoms with Gasteiger partial charge in [-0.25, -0.2) is 4.79 Å². The average molecular weight is 227 g/mol. The SMILES string of the molecule is COC(=O)c1cc([N+](=O)[O-])c(OC)cc1O. The van der Waals surface area contributed by atoms with Crippen molar-refractivity contribution in [3.8, 4) is 11.5 Å². The number of ether oxygens (including phenoxy) is 2. The number of nitro benzene ring substituents is 1. The number of aromatic hydroxyl groups is 1. The molecule has 0 atom stereocenters. The number of hydrogen-bond donors (Lipinski definition) is 1. The van der Waals surface area contributed by atoms with Gasteiger partial charge in [0.15, 0.2) is 0 Å². The lowest BCUT2D eigenvalue weighted by Gasteiger charge is -2.06. The van der Waals surface area contributed by atoms with Crippen LogP contribution in [0.2, 0.25) is 0 Å². The van der Waals surface area contributed by atoms with Gasteiger partial charge < -0.3 is 14.6 Å². The summed E-state index contributed by atoms with van der Waals surface area (Å²) < 4.78 is 9.07. The zero-order chi connectivity index (χ0) is 12.3. The van der Waals surface area contributed by atoms with Crippen LogP contribution in [0.3, 0.4) is 0 Å². The van der Waals surface area contributed by atoms with Gasteiger partial charge in [-0.1, -0.05) is 0 Å². The van der Waals surface area contributed by atoms with Crippen molar-refractivity contribution in [1.82, 2.24) is 0 Å². The number of benzene rings is 1. The van der Waals surface area contributed by atoms with Crippen molar-refractivity contribution in [1.29, 1.82) is 0 Å². The van der Waals surface area contributed by atoms with Crippen molar-refractivity contribution < 1.29 is 24.3 Å². The van der Waals surface area contributed by atoms with E-state index >= 15 is 0 Å². The highest BCUT2D eigenvalue weighted by atomic mass is 16.6. The molecule has 0 fully saturated rings. The molecule has 0 saturated carbocycles. The molecule has 7 nitrogen and oxygen atoms in total. The van der Waals surface area contributed by atoms with Crippen molar-refractivity contribution in [3.63, 3.8) is 0 Å². The predicted molar refractivity (Wildman–Crippen MR) is 52.7 cm³/mol. The van der Waals surface area contributed by atoms with Crippen LogP contribution < -0.4 is 4.74 Å². The van der Waals surface area contributed by atoms with Gasteiger partial charge in [-0.15, -0.1) is 0 Å². The summed E-state index contributed by atoms with van der Waals surface area (Å²) in [6.45, 7) is 0. The molecule has 86 valence electrons. The second-order valence-corrected chi connectivity index (χ2v) is 2.79. The molecule has 1 N–H and O–H groups in total. The third-order valence-electron chi connectivity index (χ3n) is 1.90. The summed E-state index contributed by atoms with van der Waals surface area (Å²) in [5.74, 6) is -1.42. The molecule has 1 rings (SSSR count). The first-order chi connectivity index (χ1) is 7.51. The Bertz CT molecular complexity index is 442. The van der Waals surface area contributed by atoms with Crippen LogP contribution >= 0.6 is 0 Å². The molecule has 1 aromatic rings. The normalized spacial score (nSPS) is 9.62. The second kappa shape index (κ2) is 4.47. The summed E-state index contributed by atoms with van der Waals surface area (Å²) in [6.07, 6.45) is 0. The maximum absolute atomic E-state index is 11.2. The minimum absolute atomic E-state index is 0.129.